The summed E-state index contributed by atoms with van der Waals surface area (Å²) in [6.45, 7) is -0.178. The Hall–Kier alpha value is -3.67. The van der Waals surface area contributed by atoms with Gasteiger partial charge in [-0.25, -0.2) is 0 Å². The summed E-state index contributed by atoms with van der Waals surface area (Å²) in [7, 11) is 1.70. The first kappa shape index (κ1) is 18.1. The highest BCUT2D eigenvalue weighted by atomic mass is 16.5. The lowest BCUT2D eigenvalue weighted by molar-refractivity contribution is -0.118. The van der Waals surface area contributed by atoms with Gasteiger partial charge in [0, 0.05) is 18.9 Å². The van der Waals surface area contributed by atoms with Crippen LogP contribution in [0.3, 0.4) is 0 Å². The maximum atomic E-state index is 12.9. The second kappa shape index (κ2) is 8.62. The molecule has 0 saturated carbocycles. The second-order valence-corrected chi connectivity index (χ2v) is 5.77. The summed E-state index contributed by atoms with van der Waals surface area (Å²) in [5.74, 6) is -0.0763. The van der Waals surface area contributed by atoms with E-state index in [9.17, 15) is 9.59 Å². The van der Waals surface area contributed by atoms with Crippen molar-refractivity contribution in [3.8, 4) is 5.75 Å². The third-order valence-corrected chi connectivity index (χ3v) is 3.88. The number of hydrogen-bond donors (Lipinski definition) is 1. The Labute approximate surface area is 157 Å². The predicted molar refractivity (Wildman–Crippen MR) is 104 cm³/mol. The Morgan fingerprint density at radius 3 is 2.48 bits per heavy atom. The monoisotopic (exact) mass is 361 g/mol. The summed E-state index contributed by atoms with van der Waals surface area (Å²) in [5, 5.41) is 2.74. The average Bonchev–Trinajstić information content (AvgIpc) is 2.73. The minimum Gasteiger partial charge on any atom is -0.482 e. The molecular weight excluding hydrogens is 342 g/mol. The number of anilines is 2. The van der Waals surface area contributed by atoms with Gasteiger partial charge in [0.1, 0.15) is 5.75 Å². The number of hydrogen-bond acceptors (Lipinski definition) is 4. The number of aromatic nitrogens is 1. The molecule has 0 radical (unpaired) electrons. The number of ether oxygens (including phenoxy) is 1. The van der Waals surface area contributed by atoms with Crippen molar-refractivity contribution in [3.63, 3.8) is 0 Å². The van der Waals surface area contributed by atoms with Crippen molar-refractivity contribution in [1.82, 2.24) is 4.98 Å². The molecule has 1 aromatic heterocycles. The van der Waals surface area contributed by atoms with Crippen molar-refractivity contribution in [2.45, 2.75) is 0 Å². The van der Waals surface area contributed by atoms with Crippen molar-refractivity contribution in [2.24, 2.45) is 0 Å². The molecule has 0 fully saturated rings. The van der Waals surface area contributed by atoms with Crippen LogP contribution in [-0.4, -0.2) is 30.5 Å². The van der Waals surface area contributed by atoms with E-state index >= 15 is 0 Å². The molecule has 3 aromatic rings. The number of nitrogens with one attached hydrogen (secondary N) is 1. The van der Waals surface area contributed by atoms with Gasteiger partial charge in [-0.15, -0.1) is 0 Å². The van der Waals surface area contributed by atoms with Crippen LogP contribution >= 0.6 is 0 Å². The van der Waals surface area contributed by atoms with Crippen LogP contribution in [0.25, 0.3) is 0 Å². The van der Waals surface area contributed by atoms with Crippen molar-refractivity contribution < 1.29 is 14.3 Å². The van der Waals surface area contributed by atoms with Crippen LogP contribution in [0.15, 0.2) is 79.1 Å². The van der Waals surface area contributed by atoms with E-state index in [-0.39, 0.29) is 18.4 Å². The van der Waals surface area contributed by atoms with Crippen molar-refractivity contribution in [2.75, 3.05) is 23.9 Å². The summed E-state index contributed by atoms with van der Waals surface area (Å²) in [5.41, 5.74) is 1.60. The third-order valence-electron chi connectivity index (χ3n) is 3.88. The Balaban J connectivity index is 1.70. The smallest absolute Gasteiger partial charge is 0.262 e. The molecule has 0 atom stereocenters. The van der Waals surface area contributed by atoms with E-state index in [2.05, 4.69) is 10.3 Å². The maximum Gasteiger partial charge on any atom is 0.262 e. The Morgan fingerprint density at radius 1 is 1.00 bits per heavy atom. The zero-order valence-corrected chi connectivity index (χ0v) is 14.8. The number of para-hydroxylation sites is 2. The van der Waals surface area contributed by atoms with E-state index < -0.39 is 0 Å². The summed E-state index contributed by atoms with van der Waals surface area (Å²) in [4.78, 5) is 30.5. The number of nitrogens with zero attached hydrogens (tertiary/aromatic N) is 2. The van der Waals surface area contributed by atoms with Crippen LogP contribution in [0.2, 0.25) is 0 Å². The van der Waals surface area contributed by atoms with Gasteiger partial charge in [-0.1, -0.05) is 30.3 Å². The molecule has 1 heterocycles. The zero-order chi connectivity index (χ0) is 19.1. The van der Waals surface area contributed by atoms with Gasteiger partial charge in [0.15, 0.2) is 6.61 Å². The summed E-state index contributed by atoms with van der Waals surface area (Å²) < 4.78 is 5.39. The van der Waals surface area contributed by atoms with Crippen molar-refractivity contribution >= 4 is 23.2 Å². The standard InChI is InChI=1S/C21H19N3O3/c1-24(16-8-3-2-4-9-16)21(26)18-11-5-6-12-19(18)23-20(25)15-27-17-10-7-13-22-14-17/h2-14H,15H2,1H3,(H,23,25). The summed E-state index contributed by atoms with van der Waals surface area (Å²) in [6.07, 6.45) is 3.15. The molecule has 27 heavy (non-hydrogen) atoms. The molecule has 3 rings (SSSR count). The van der Waals surface area contributed by atoms with Gasteiger partial charge in [-0.2, -0.15) is 0 Å². The van der Waals surface area contributed by atoms with E-state index in [1.165, 1.54) is 11.1 Å². The van der Waals surface area contributed by atoms with Crippen LogP contribution in [0.1, 0.15) is 10.4 Å². The molecule has 0 unspecified atom stereocenters. The fourth-order valence-corrected chi connectivity index (χ4v) is 2.50. The lowest BCUT2D eigenvalue weighted by Gasteiger charge is -2.19. The van der Waals surface area contributed by atoms with Gasteiger partial charge in [-0.05, 0) is 36.4 Å². The van der Waals surface area contributed by atoms with Gasteiger partial charge < -0.3 is 15.0 Å². The van der Waals surface area contributed by atoms with E-state index in [1.54, 1.807) is 49.6 Å². The molecule has 2 amide bonds. The molecule has 6 nitrogen and oxygen atoms in total. The molecule has 1 N–H and O–H groups in total. The molecule has 0 spiro atoms. The number of carbonyl (C=O) groups is 2. The predicted octanol–water partition coefficient (Wildman–Crippen LogP) is 3.38. The fraction of sp³-hybridized carbons (Fsp3) is 0.0952. The highest BCUT2D eigenvalue weighted by Gasteiger charge is 2.18. The van der Waals surface area contributed by atoms with Crippen molar-refractivity contribution in [3.05, 3.63) is 84.7 Å². The van der Waals surface area contributed by atoms with Gasteiger partial charge in [0.25, 0.3) is 11.8 Å². The van der Waals surface area contributed by atoms with Crippen LogP contribution in [0.5, 0.6) is 5.75 Å². The molecular formula is C21H19N3O3. The lowest BCUT2D eigenvalue weighted by Crippen LogP contribution is -2.28. The van der Waals surface area contributed by atoms with Gasteiger partial charge in [0.05, 0.1) is 17.4 Å². The second-order valence-electron chi connectivity index (χ2n) is 5.77. The average molecular weight is 361 g/mol. The largest absolute Gasteiger partial charge is 0.482 e. The van der Waals surface area contributed by atoms with Gasteiger partial charge >= 0.3 is 0 Å². The number of rotatable bonds is 6. The summed E-state index contributed by atoms with van der Waals surface area (Å²) in [6, 6.07) is 19.6. The minimum atomic E-state index is -0.360. The molecule has 136 valence electrons. The van der Waals surface area contributed by atoms with E-state index in [0.717, 1.165) is 5.69 Å². The van der Waals surface area contributed by atoms with Gasteiger partial charge in [-0.3, -0.25) is 14.6 Å². The van der Waals surface area contributed by atoms with E-state index in [4.69, 9.17) is 4.74 Å². The SMILES string of the molecule is CN(C(=O)c1ccccc1NC(=O)COc1cccnc1)c1ccccc1. The number of benzene rings is 2. The van der Waals surface area contributed by atoms with Crippen molar-refractivity contribution in [1.29, 1.82) is 0 Å². The number of carbonyl (C=O) groups excluding carboxylic acids is 2. The lowest BCUT2D eigenvalue weighted by atomic mass is 10.1. The van der Waals surface area contributed by atoms with Crippen LogP contribution in [0, 0.1) is 0 Å². The Kier molecular flexibility index (Phi) is 5.79. The number of amides is 2. The van der Waals surface area contributed by atoms with Crippen LogP contribution in [0.4, 0.5) is 11.4 Å². The molecule has 0 aliphatic heterocycles. The first-order valence-electron chi connectivity index (χ1n) is 8.40. The molecule has 0 saturated heterocycles. The molecule has 0 aliphatic carbocycles. The quantitative estimate of drug-likeness (QED) is 0.731. The fourth-order valence-electron chi connectivity index (χ4n) is 2.50. The van der Waals surface area contributed by atoms with Crippen LogP contribution < -0.4 is 15.0 Å². The number of pyridine rings is 1. The molecule has 6 heteroatoms. The van der Waals surface area contributed by atoms with E-state index in [0.29, 0.717) is 17.0 Å². The molecule has 0 aliphatic rings. The minimum absolute atomic E-state index is 0.178. The van der Waals surface area contributed by atoms with Gasteiger partial charge in [0.2, 0.25) is 0 Å². The first-order valence-corrected chi connectivity index (χ1v) is 8.40. The highest BCUT2D eigenvalue weighted by molar-refractivity contribution is 6.11. The topological polar surface area (TPSA) is 71.5 Å². The Bertz CT molecular complexity index is 914. The van der Waals surface area contributed by atoms with E-state index in [1.807, 2.05) is 30.3 Å². The van der Waals surface area contributed by atoms with Crippen LogP contribution in [-0.2, 0) is 4.79 Å². The normalized spacial score (nSPS) is 10.1. The Morgan fingerprint density at radius 2 is 1.74 bits per heavy atom. The highest BCUT2D eigenvalue weighted by Crippen LogP contribution is 2.20. The third kappa shape index (κ3) is 4.70. The first-order chi connectivity index (χ1) is 13.1. The maximum absolute atomic E-state index is 12.9. The summed E-state index contributed by atoms with van der Waals surface area (Å²) >= 11 is 0. The zero-order valence-electron chi connectivity index (χ0n) is 14.8. The molecule has 2 aromatic carbocycles. The molecule has 0 bridgehead atoms.